The van der Waals surface area contributed by atoms with Crippen LogP contribution in [-0.2, 0) is 22.4 Å². The summed E-state index contributed by atoms with van der Waals surface area (Å²) in [5, 5.41) is 2.15. The highest BCUT2D eigenvalue weighted by molar-refractivity contribution is 7.13. The van der Waals surface area contributed by atoms with E-state index in [1.54, 1.807) is 11.3 Å². The van der Waals surface area contributed by atoms with Crippen molar-refractivity contribution in [3.63, 3.8) is 0 Å². The molecule has 2 aliphatic heterocycles. The number of hydrogen-bond acceptors (Lipinski definition) is 5. The molecule has 0 bridgehead atoms. The molecule has 26 heavy (non-hydrogen) atoms. The number of ether oxygens (including phenoxy) is 2. The fourth-order valence-corrected chi connectivity index (χ4v) is 4.93. The van der Waals surface area contributed by atoms with E-state index >= 15 is 0 Å². The van der Waals surface area contributed by atoms with Gasteiger partial charge in [0.1, 0.15) is 0 Å². The lowest BCUT2D eigenvalue weighted by Gasteiger charge is -2.37. The van der Waals surface area contributed by atoms with Gasteiger partial charge in [0.15, 0.2) is 5.79 Å². The number of aryl methyl sites for hydroxylation is 2. The van der Waals surface area contributed by atoms with Crippen molar-refractivity contribution in [3.05, 3.63) is 44.7 Å². The largest absolute Gasteiger partial charge is 0.347 e. The van der Waals surface area contributed by atoms with Crippen molar-refractivity contribution in [3.8, 4) is 10.4 Å². The predicted octanol–water partition coefficient (Wildman–Crippen LogP) is 3.31. The van der Waals surface area contributed by atoms with E-state index in [4.69, 9.17) is 9.47 Å². The van der Waals surface area contributed by atoms with Gasteiger partial charge in [0.25, 0.3) is 5.56 Å². The van der Waals surface area contributed by atoms with Gasteiger partial charge in [0.2, 0.25) is 0 Å². The van der Waals surface area contributed by atoms with Crippen molar-refractivity contribution in [2.45, 2.75) is 45.4 Å². The van der Waals surface area contributed by atoms with Gasteiger partial charge in [0, 0.05) is 54.2 Å². The summed E-state index contributed by atoms with van der Waals surface area (Å²) in [5.74, 6) is -0.320. The zero-order valence-corrected chi connectivity index (χ0v) is 16.3. The Bertz CT molecular complexity index is 826. The van der Waals surface area contributed by atoms with Crippen LogP contribution in [0.4, 0.5) is 0 Å². The molecule has 1 spiro atoms. The summed E-state index contributed by atoms with van der Waals surface area (Å²) < 4.78 is 11.7. The van der Waals surface area contributed by atoms with E-state index in [1.165, 1.54) is 10.4 Å². The van der Waals surface area contributed by atoms with E-state index in [1.807, 2.05) is 13.8 Å². The predicted molar refractivity (Wildman–Crippen MR) is 104 cm³/mol. The van der Waals surface area contributed by atoms with Crippen molar-refractivity contribution < 1.29 is 9.47 Å². The molecule has 4 rings (SSSR count). The van der Waals surface area contributed by atoms with Crippen LogP contribution in [0.3, 0.4) is 0 Å². The average Bonchev–Trinajstić information content (AvgIpc) is 3.27. The summed E-state index contributed by atoms with van der Waals surface area (Å²) in [4.78, 5) is 18.8. The maximum Gasteiger partial charge on any atom is 0.251 e. The Morgan fingerprint density at radius 2 is 1.96 bits per heavy atom. The third-order valence-electron chi connectivity index (χ3n) is 5.51. The fraction of sp³-hybridized carbons (Fsp3) is 0.550. The second kappa shape index (κ2) is 7.27. The molecule has 6 heteroatoms. The first-order valence-corrected chi connectivity index (χ1v) is 10.3. The molecule has 0 atom stereocenters. The number of thiophene rings is 1. The molecule has 0 unspecified atom stereocenters. The van der Waals surface area contributed by atoms with Gasteiger partial charge in [-0.05, 0) is 36.4 Å². The highest BCUT2D eigenvalue weighted by atomic mass is 32.1. The standard InChI is InChI=1S/C20H26N2O3S/c1-3-15-12-17(14(2)21-19(15)23)18-16(4-11-26-18)13-22-7-5-20(6-8-22)24-9-10-25-20/h4,11-12H,3,5-10,13H2,1-2H3,(H,21,23). The summed E-state index contributed by atoms with van der Waals surface area (Å²) in [6.07, 6.45) is 2.62. The first kappa shape index (κ1) is 17.9. The molecule has 140 valence electrons. The summed E-state index contributed by atoms with van der Waals surface area (Å²) in [6, 6.07) is 4.28. The number of pyridine rings is 1. The summed E-state index contributed by atoms with van der Waals surface area (Å²) >= 11 is 1.75. The number of aromatic amines is 1. The number of piperidine rings is 1. The second-order valence-corrected chi connectivity index (χ2v) is 8.09. The van der Waals surface area contributed by atoms with Crippen LogP contribution < -0.4 is 5.56 Å². The smallest absolute Gasteiger partial charge is 0.251 e. The summed E-state index contributed by atoms with van der Waals surface area (Å²) in [7, 11) is 0. The highest BCUT2D eigenvalue weighted by Gasteiger charge is 2.39. The number of likely N-dealkylation sites (tertiary alicyclic amines) is 1. The van der Waals surface area contributed by atoms with Crippen LogP contribution in [-0.4, -0.2) is 42.0 Å². The molecule has 2 aromatic rings. The first-order chi connectivity index (χ1) is 12.6. The molecular formula is C20H26N2O3S. The number of nitrogens with zero attached hydrogens (tertiary/aromatic N) is 1. The molecule has 0 aliphatic carbocycles. The van der Waals surface area contributed by atoms with E-state index in [0.717, 1.165) is 68.9 Å². The van der Waals surface area contributed by atoms with Gasteiger partial charge in [-0.2, -0.15) is 0 Å². The lowest BCUT2D eigenvalue weighted by Crippen LogP contribution is -2.44. The molecule has 0 amide bonds. The zero-order chi connectivity index (χ0) is 18.1. The Labute approximate surface area is 157 Å². The lowest BCUT2D eigenvalue weighted by molar-refractivity contribution is -0.185. The summed E-state index contributed by atoms with van der Waals surface area (Å²) in [6.45, 7) is 8.35. The summed E-state index contributed by atoms with van der Waals surface area (Å²) in [5.41, 5.74) is 4.31. The molecule has 4 heterocycles. The van der Waals surface area contributed by atoms with Crippen molar-refractivity contribution >= 4 is 11.3 Å². The number of rotatable bonds is 4. The molecule has 0 radical (unpaired) electrons. The lowest BCUT2D eigenvalue weighted by atomic mass is 10.0. The Morgan fingerprint density at radius 1 is 1.23 bits per heavy atom. The zero-order valence-electron chi connectivity index (χ0n) is 15.5. The van der Waals surface area contributed by atoms with Crippen molar-refractivity contribution in [1.29, 1.82) is 0 Å². The fourth-order valence-electron chi connectivity index (χ4n) is 3.94. The van der Waals surface area contributed by atoms with Crippen LogP contribution in [0.1, 0.15) is 36.6 Å². The van der Waals surface area contributed by atoms with Gasteiger partial charge in [-0.25, -0.2) is 0 Å². The van der Waals surface area contributed by atoms with E-state index in [0.29, 0.717) is 0 Å². The Kier molecular flexibility index (Phi) is 5.01. The molecule has 1 N–H and O–H groups in total. The number of hydrogen-bond donors (Lipinski definition) is 1. The van der Waals surface area contributed by atoms with Crippen molar-refractivity contribution in [1.82, 2.24) is 9.88 Å². The number of aromatic nitrogens is 1. The normalized spacial score (nSPS) is 20.1. The van der Waals surface area contributed by atoms with E-state index in [2.05, 4.69) is 27.4 Å². The number of H-pyrrole nitrogens is 1. The minimum atomic E-state index is -0.320. The third-order valence-corrected chi connectivity index (χ3v) is 6.50. The topological polar surface area (TPSA) is 54.6 Å². The van der Waals surface area contributed by atoms with Crippen LogP contribution >= 0.6 is 11.3 Å². The minimum absolute atomic E-state index is 0.0322. The second-order valence-electron chi connectivity index (χ2n) is 7.17. The molecule has 2 aromatic heterocycles. The monoisotopic (exact) mass is 374 g/mol. The van der Waals surface area contributed by atoms with Gasteiger partial charge in [-0.3, -0.25) is 9.69 Å². The Hall–Kier alpha value is -1.47. The molecule has 2 saturated heterocycles. The Morgan fingerprint density at radius 3 is 2.65 bits per heavy atom. The van der Waals surface area contributed by atoms with Gasteiger partial charge >= 0.3 is 0 Å². The average molecular weight is 375 g/mol. The molecule has 0 saturated carbocycles. The molecular weight excluding hydrogens is 348 g/mol. The van der Waals surface area contributed by atoms with Gasteiger partial charge in [-0.1, -0.05) is 6.92 Å². The van der Waals surface area contributed by atoms with Gasteiger partial charge < -0.3 is 14.5 Å². The maximum atomic E-state index is 12.0. The van der Waals surface area contributed by atoms with Gasteiger partial charge in [-0.15, -0.1) is 11.3 Å². The highest BCUT2D eigenvalue weighted by Crippen LogP contribution is 2.35. The minimum Gasteiger partial charge on any atom is -0.347 e. The van der Waals surface area contributed by atoms with Crippen LogP contribution in [0.2, 0.25) is 0 Å². The molecule has 5 nitrogen and oxygen atoms in total. The van der Waals surface area contributed by atoms with E-state index in [9.17, 15) is 4.79 Å². The SMILES string of the molecule is CCc1cc(-c2sccc2CN2CCC3(CC2)OCCO3)c(C)[nH]c1=O. The van der Waals surface area contributed by atoms with Crippen molar-refractivity contribution in [2.24, 2.45) is 0 Å². The number of nitrogens with one attached hydrogen (secondary N) is 1. The molecule has 2 aliphatic rings. The quantitative estimate of drug-likeness (QED) is 0.892. The van der Waals surface area contributed by atoms with Crippen molar-refractivity contribution in [2.75, 3.05) is 26.3 Å². The molecule has 2 fully saturated rings. The molecule has 0 aromatic carbocycles. The maximum absolute atomic E-state index is 12.0. The van der Waals surface area contributed by atoms with Crippen LogP contribution in [0.15, 0.2) is 22.3 Å². The van der Waals surface area contributed by atoms with Crippen LogP contribution in [0.5, 0.6) is 0 Å². The van der Waals surface area contributed by atoms with Crippen LogP contribution in [0.25, 0.3) is 10.4 Å². The third kappa shape index (κ3) is 3.39. The Balaban J connectivity index is 1.52. The van der Waals surface area contributed by atoms with E-state index in [-0.39, 0.29) is 11.3 Å². The van der Waals surface area contributed by atoms with Gasteiger partial charge in [0.05, 0.1) is 13.2 Å². The van der Waals surface area contributed by atoms with Crippen LogP contribution in [0, 0.1) is 6.92 Å². The first-order valence-electron chi connectivity index (χ1n) is 9.40. The van der Waals surface area contributed by atoms with E-state index < -0.39 is 0 Å².